The van der Waals surface area contributed by atoms with E-state index in [0.717, 1.165) is 56.9 Å². The van der Waals surface area contributed by atoms with Gasteiger partial charge in [-0.2, -0.15) is 0 Å². The summed E-state index contributed by atoms with van der Waals surface area (Å²) < 4.78 is 12.2. The van der Waals surface area contributed by atoms with Crippen molar-refractivity contribution >= 4 is 28.6 Å². The molecule has 1 saturated carbocycles. The first kappa shape index (κ1) is 23.4. The summed E-state index contributed by atoms with van der Waals surface area (Å²) >= 11 is 5.66. The Kier molecular flexibility index (Phi) is 7.77. The lowest BCUT2D eigenvalue weighted by atomic mass is 9.95. The molecule has 0 N–H and O–H groups in total. The number of anilines is 1. The van der Waals surface area contributed by atoms with Crippen LogP contribution in [0.5, 0.6) is 5.75 Å². The van der Waals surface area contributed by atoms with Gasteiger partial charge in [0.05, 0.1) is 23.7 Å². The maximum absolute atomic E-state index is 11.0. The maximum Gasteiger partial charge on any atom is 0.272 e. The number of piperazine rings is 1. The standard InChI is InChI=1S/C25H31N3O4S/c1-19-17-23(11-12-24(19)28(29)30)32-22-9-7-21(8-10-22)31-18-25(33)27-15-13-26(14-16-27)20-5-3-2-4-6-20/h2-6,11-12,17,21-22H,7-10,13-16,18H2,1H3. The van der Waals surface area contributed by atoms with Crippen LogP contribution in [-0.2, 0) is 4.74 Å². The van der Waals surface area contributed by atoms with Crippen LogP contribution in [0, 0.1) is 17.0 Å². The molecule has 2 aromatic carbocycles. The van der Waals surface area contributed by atoms with E-state index in [9.17, 15) is 10.1 Å². The molecule has 2 aliphatic rings. The van der Waals surface area contributed by atoms with Crippen molar-refractivity contribution in [2.24, 2.45) is 0 Å². The molecule has 0 radical (unpaired) electrons. The zero-order chi connectivity index (χ0) is 23.2. The van der Waals surface area contributed by atoms with E-state index in [1.54, 1.807) is 19.1 Å². The smallest absolute Gasteiger partial charge is 0.272 e. The fraction of sp³-hybridized carbons (Fsp3) is 0.480. The zero-order valence-electron chi connectivity index (χ0n) is 19.0. The Bertz CT molecular complexity index is 955. The topological polar surface area (TPSA) is 68.1 Å². The molecule has 0 aromatic heterocycles. The van der Waals surface area contributed by atoms with E-state index in [1.807, 2.05) is 6.07 Å². The minimum absolute atomic E-state index is 0.115. The molecule has 0 spiro atoms. The van der Waals surface area contributed by atoms with Crippen molar-refractivity contribution < 1.29 is 14.4 Å². The van der Waals surface area contributed by atoms with E-state index in [2.05, 4.69) is 34.1 Å². The largest absolute Gasteiger partial charge is 0.490 e. The van der Waals surface area contributed by atoms with Gasteiger partial charge >= 0.3 is 0 Å². The SMILES string of the molecule is Cc1cc(OC2CCC(OCC(=S)N3CCN(c4ccccc4)CC3)CC2)ccc1[N+](=O)[O-]. The molecule has 7 nitrogen and oxygen atoms in total. The molecular formula is C25H31N3O4S. The molecule has 0 atom stereocenters. The van der Waals surface area contributed by atoms with Crippen LogP contribution in [0.2, 0.25) is 0 Å². The number of aryl methyl sites for hydroxylation is 1. The fourth-order valence-electron chi connectivity index (χ4n) is 4.55. The van der Waals surface area contributed by atoms with Crippen molar-refractivity contribution in [2.75, 3.05) is 37.7 Å². The summed E-state index contributed by atoms with van der Waals surface area (Å²) in [4.78, 5) is 16.2. The number of para-hydroxylation sites is 1. The molecule has 1 saturated heterocycles. The van der Waals surface area contributed by atoms with Crippen LogP contribution in [0.15, 0.2) is 48.5 Å². The molecule has 33 heavy (non-hydrogen) atoms. The van der Waals surface area contributed by atoms with E-state index in [-0.39, 0.29) is 22.8 Å². The quantitative estimate of drug-likeness (QED) is 0.329. The Morgan fingerprint density at radius 3 is 2.33 bits per heavy atom. The lowest BCUT2D eigenvalue weighted by Gasteiger charge is -2.38. The highest BCUT2D eigenvalue weighted by Gasteiger charge is 2.25. The summed E-state index contributed by atoms with van der Waals surface area (Å²) in [6.45, 7) is 6.01. The normalized spacial score (nSPS) is 21.0. The minimum atomic E-state index is -0.366. The third-order valence-corrected chi connectivity index (χ3v) is 6.86. The molecule has 8 heteroatoms. The highest BCUT2D eigenvalue weighted by Crippen LogP contribution is 2.28. The molecule has 0 unspecified atom stereocenters. The highest BCUT2D eigenvalue weighted by molar-refractivity contribution is 7.80. The molecule has 1 heterocycles. The summed E-state index contributed by atoms with van der Waals surface area (Å²) in [6, 6.07) is 15.4. The van der Waals surface area contributed by atoms with Gasteiger partial charge in [0.25, 0.3) is 5.69 Å². The Morgan fingerprint density at radius 2 is 1.70 bits per heavy atom. The second kappa shape index (κ2) is 10.9. The van der Waals surface area contributed by atoms with Crippen molar-refractivity contribution in [3.63, 3.8) is 0 Å². The Hall–Kier alpha value is -2.71. The number of rotatable bonds is 7. The first-order valence-corrected chi connectivity index (χ1v) is 12.0. The predicted molar refractivity (Wildman–Crippen MR) is 133 cm³/mol. The van der Waals surface area contributed by atoms with Crippen LogP contribution >= 0.6 is 12.2 Å². The Morgan fingerprint density at radius 1 is 1.03 bits per heavy atom. The van der Waals surface area contributed by atoms with Gasteiger partial charge in [-0.05, 0) is 56.9 Å². The summed E-state index contributed by atoms with van der Waals surface area (Å²) in [7, 11) is 0. The lowest BCUT2D eigenvalue weighted by molar-refractivity contribution is -0.385. The molecular weight excluding hydrogens is 438 g/mol. The Balaban J connectivity index is 1.16. The molecule has 0 bridgehead atoms. The van der Waals surface area contributed by atoms with Crippen LogP contribution in [0.3, 0.4) is 0 Å². The average Bonchev–Trinajstić information content (AvgIpc) is 2.84. The predicted octanol–water partition coefficient (Wildman–Crippen LogP) is 4.76. The third kappa shape index (κ3) is 6.21. The molecule has 1 aliphatic carbocycles. The van der Waals surface area contributed by atoms with Gasteiger partial charge in [0.2, 0.25) is 0 Å². The van der Waals surface area contributed by atoms with Crippen molar-refractivity contribution in [3.05, 3.63) is 64.2 Å². The van der Waals surface area contributed by atoms with Gasteiger partial charge in [0.15, 0.2) is 0 Å². The minimum Gasteiger partial charge on any atom is -0.490 e. The van der Waals surface area contributed by atoms with Crippen molar-refractivity contribution in [1.29, 1.82) is 0 Å². The number of hydrogen-bond acceptors (Lipinski definition) is 6. The van der Waals surface area contributed by atoms with E-state index in [4.69, 9.17) is 21.7 Å². The average molecular weight is 470 g/mol. The van der Waals surface area contributed by atoms with E-state index >= 15 is 0 Å². The molecule has 1 aliphatic heterocycles. The van der Waals surface area contributed by atoms with Crippen LogP contribution in [0.4, 0.5) is 11.4 Å². The summed E-state index contributed by atoms with van der Waals surface area (Å²) in [5, 5.41) is 11.0. The number of nitrogens with zero attached hydrogens (tertiary/aromatic N) is 3. The number of hydrogen-bond donors (Lipinski definition) is 0. The van der Waals surface area contributed by atoms with Gasteiger partial charge in [0, 0.05) is 43.5 Å². The molecule has 2 aromatic rings. The number of nitro benzene ring substituents is 1. The third-order valence-electron chi connectivity index (χ3n) is 6.49. The van der Waals surface area contributed by atoms with Crippen LogP contribution in [0.1, 0.15) is 31.2 Å². The monoisotopic (exact) mass is 469 g/mol. The van der Waals surface area contributed by atoms with Crippen molar-refractivity contribution in [1.82, 2.24) is 4.90 Å². The second-order valence-electron chi connectivity index (χ2n) is 8.74. The Labute approximate surface area is 200 Å². The molecule has 2 fully saturated rings. The van der Waals surface area contributed by atoms with E-state index in [1.165, 1.54) is 11.8 Å². The van der Waals surface area contributed by atoms with Crippen molar-refractivity contribution in [2.45, 2.75) is 44.8 Å². The van der Waals surface area contributed by atoms with Crippen LogP contribution in [-0.4, -0.2) is 59.8 Å². The first-order chi connectivity index (χ1) is 16.0. The number of ether oxygens (including phenoxy) is 2. The van der Waals surface area contributed by atoms with Crippen molar-refractivity contribution in [3.8, 4) is 5.75 Å². The van der Waals surface area contributed by atoms with Gasteiger partial charge in [0.1, 0.15) is 10.7 Å². The van der Waals surface area contributed by atoms with E-state index in [0.29, 0.717) is 17.9 Å². The van der Waals surface area contributed by atoms with Gasteiger partial charge < -0.3 is 19.3 Å². The zero-order valence-corrected chi connectivity index (χ0v) is 19.8. The number of thiocarbonyl (C=S) groups is 1. The lowest BCUT2D eigenvalue weighted by Crippen LogP contribution is -2.49. The number of benzene rings is 2. The van der Waals surface area contributed by atoms with Gasteiger partial charge in [-0.3, -0.25) is 10.1 Å². The first-order valence-electron chi connectivity index (χ1n) is 11.6. The van der Waals surface area contributed by atoms with Gasteiger partial charge in [-0.1, -0.05) is 30.4 Å². The molecule has 176 valence electrons. The number of nitro groups is 1. The molecule has 0 amide bonds. The second-order valence-corrected chi connectivity index (χ2v) is 9.21. The summed E-state index contributed by atoms with van der Waals surface area (Å²) in [5.74, 6) is 0.693. The maximum atomic E-state index is 11.0. The fourth-order valence-corrected chi connectivity index (χ4v) is 4.80. The van der Waals surface area contributed by atoms with Crippen LogP contribution in [0.25, 0.3) is 0 Å². The molecule has 4 rings (SSSR count). The van der Waals surface area contributed by atoms with Gasteiger partial charge in [-0.15, -0.1) is 0 Å². The highest BCUT2D eigenvalue weighted by atomic mass is 32.1. The van der Waals surface area contributed by atoms with Gasteiger partial charge in [-0.25, -0.2) is 0 Å². The summed E-state index contributed by atoms with van der Waals surface area (Å²) in [5.41, 5.74) is 2.01. The van der Waals surface area contributed by atoms with Crippen LogP contribution < -0.4 is 9.64 Å². The summed E-state index contributed by atoms with van der Waals surface area (Å²) in [6.07, 6.45) is 3.99. The van der Waals surface area contributed by atoms with E-state index < -0.39 is 0 Å².